The Morgan fingerprint density at radius 3 is 3.06 bits per heavy atom. The maximum Gasteiger partial charge on any atom is 0.336 e. The van der Waals surface area contributed by atoms with E-state index in [1.54, 1.807) is 17.3 Å². The summed E-state index contributed by atoms with van der Waals surface area (Å²) < 4.78 is 2.77. The molecule has 1 aromatic heterocycles. The standard InChI is InChI=1S/C13H11N3OS/c1-9-3-2-4-10(7-9)16-11-5-6-14-8-12(11)18-15-13(16)17/h2-8H,1H3,(H,15,17). The van der Waals surface area contributed by atoms with Crippen LogP contribution in [0.3, 0.4) is 0 Å². The van der Waals surface area contributed by atoms with Crippen molar-refractivity contribution in [3.63, 3.8) is 0 Å². The zero-order valence-corrected chi connectivity index (χ0v) is 10.6. The van der Waals surface area contributed by atoms with E-state index in [-0.39, 0.29) is 6.03 Å². The van der Waals surface area contributed by atoms with Gasteiger partial charge in [-0.3, -0.25) is 14.6 Å². The molecular formula is C13H11N3OS. The Bertz CT molecular complexity index is 615. The second-order valence-electron chi connectivity index (χ2n) is 4.03. The molecule has 3 rings (SSSR count). The molecular weight excluding hydrogens is 246 g/mol. The van der Waals surface area contributed by atoms with Gasteiger partial charge in [0, 0.05) is 12.4 Å². The number of fused-ring (bicyclic) bond motifs is 1. The van der Waals surface area contributed by atoms with Crippen LogP contribution in [0.25, 0.3) is 0 Å². The Balaban J connectivity index is 2.13. The number of nitrogens with zero attached hydrogens (tertiary/aromatic N) is 2. The third kappa shape index (κ3) is 1.82. The van der Waals surface area contributed by atoms with Gasteiger partial charge in [-0.25, -0.2) is 4.79 Å². The normalized spacial score (nSPS) is 14.1. The van der Waals surface area contributed by atoms with Gasteiger partial charge in [-0.05, 0) is 42.6 Å². The second kappa shape index (κ2) is 4.34. The van der Waals surface area contributed by atoms with Gasteiger partial charge in [-0.2, -0.15) is 0 Å². The summed E-state index contributed by atoms with van der Waals surface area (Å²) >= 11 is 1.30. The van der Waals surface area contributed by atoms with Gasteiger partial charge in [0.05, 0.1) is 16.3 Å². The van der Waals surface area contributed by atoms with Crippen LogP contribution in [0.15, 0.2) is 47.6 Å². The number of urea groups is 1. The van der Waals surface area contributed by atoms with Crippen molar-refractivity contribution < 1.29 is 4.79 Å². The molecule has 90 valence electrons. The number of benzene rings is 1. The van der Waals surface area contributed by atoms with Crippen molar-refractivity contribution in [2.45, 2.75) is 11.8 Å². The van der Waals surface area contributed by atoms with Crippen molar-refractivity contribution in [1.82, 2.24) is 9.71 Å². The summed E-state index contributed by atoms with van der Waals surface area (Å²) in [5, 5.41) is 0. The molecule has 0 saturated carbocycles. The first-order valence-electron chi connectivity index (χ1n) is 5.53. The molecule has 1 aromatic carbocycles. The third-order valence-corrected chi connectivity index (χ3v) is 3.53. The summed E-state index contributed by atoms with van der Waals surface area (Å²) in [6.07, 6.45) is 3.45. The number of hydrogen-bond donors (Lipinski definition) is 1. The largest absolute Gasteiger partial charge is 0.336 e. The minimum absolute atomic E-state index is 0.135. The molecule has 0 radical (unpaired) electrons. The van der Waals surface area contributed by atoms with E-state index in [9.17, 15) is 4.79 Å². The molecule has 1 N–H and O–H groups in total. The molecule has 18 heavy (non-hydrogen) atoms. The average molecular weight is 257 g/mol. The molecule has 2 heterocycles. The van der Waals surface area contributed by atoms with Crippen molar-refractivity contribution in [3.05, 3.63) is 48.3 Å². The molecule has 0 fully saturated rings. The Hall–Kier alpha value is -2.01. The van der Waals surface area contributed by atoms with E-state index in [1.807, 2.05) is 37.3 Å². The van der Waals surface area contributed by atoms with Crippen LogP contribution in [0, 0.1) is 6.92 Å². The molecule has 2 aromatic rings. The topological polar surface area (TPSA) is 45.2 Å². The lowest BCUT2D eigenvalue weighted by Gasteiger charge is -2.28. The fourth-order valence-electron chi connectivity index (χ4n) is 1.91. The Morgan fingerprint density at radius 2 is 2.22 bits per heavy atom. The summed E-state index contributed by atoms with van der Waals surface area (Å²) in [5.41, 5.74) is 2.85. The minimum atomic E-state index is -0.135. The number of carbonyl (C=O) groups excluding carboxylic acids is 1. The molecule has 4 nitrogen and oxygen atoms in total. The number of amides is 2. The highest BCUT2D eigenvalue weighted by Gasteiger charge is 2.25. The lowest BCUT2D eigenvalue weighted by molar-refractivity contribution is 0.253. The maximum absolute atomic E-state index is 12.0. The van der Waals surface area contributed by atoms with Crippen LogP contribution in [-0.4, -0.2) is 11.0 Å². The zero-order valence-electron chi connectivity index (χ0n) is 9.75. The average Bonchev–Trinajstić information content (AvgIpc) is 2.38. The van der Waals surface area contributed by atoms with Crippen LogP contribution in [0.1, 0.15) is 5.56 Å². The predicted octanol–water partition coefficient (Wildman–Crippen LogP) is 3.26. The van der Waals surface area contributed by atoms with Gasteiger partial charge in [0.25, 0.3) is 0 Å². The van der Waals surface area contributed by atoms with E-state index in [0.717, 1.165) is 21.8 Å². The quantitative estimate of drug-likeness (QED) is 0.797. The van der Waals surface area contributed by atoms with E-state index in [2.05, 4.69) is 9.71 Å². The summed E-state index contributed by atoms with van der Waals surface area (Å²) in [6, 6.07) is 9.58. The summed E-state index contributed by atoms with van der Waals surface area (Å²) in [7, 11) is 0. The molecule has 0 bridgehead atoms. The number of aromatic nitrogens is 1. The monoisotopic (exact) mass is 257 g/mol. The van der Waals surface area contributed by atoms with Crippen molar-refractivity contribution in [2.24, 2.45) is 0 Å². The van der Waals surface area contributed by atoms with Gasteiger partial charge in [0.1, 0.15) is 0 Å². The number of nitrogens with one attached hydrogen (secondary N) is 1. The van der Waals surface area contributed by atoms with Gasteiger partial charge in [0.2, 0.25) is 0 Å². The van der Waals surface area contributed by atoms with E-state index >= 15 is 0 Å². The highest BCUT2D eigenvalue weighted by Crippen LogP contribution is 2.36. The van der Waals surface area contributed by atoms with E-state index < -0.39 is 0 Å². The number of pyridine rings is 1. The number of aryl methyl sites for hydroxylation is 1. The van der Waals surface area contributed by atoms with Crippen LogP contribution in [0.2, 0.25) is 0 Å². The van der Waals surface area contributed by atoms with Crippen molar-refractivity contribution in [2.75, 3.05) is 4.90 Å². The fourth-order valence-corrected chi connectivity index (χ4v) is 2.58. The number of anilines is 2. The van der Waals surface area contributed by atoms with Gasteiger partial charge in [-0.1, -0.05) is 12.1 Å². The molecule has 0 aliphatic carbocycles. The Kier molecular flexibility index (Phi) is 2.68. The SMILES string of the molecule is Cc1cccc(N2C(=O)NSc3cnccc32)c1. The van der Waals surface area contributed by atoms with Crippen LogP contribution in [-0.2, 0) is 0 Å². The van der Waals surface area contributed by atoms with E-state index in [0.29, 0.717) is 0 Å². The molecule has 0 spiro atoms. The molecule has 0 atom stereocenters. The summed E-state index contributed by atoms with van der Waals surface area (Å²) in [6.45, 7) is 2.01. The summed E-state index contributed by atoms with van der Waals surface area (Å²) in [4.78, 5) is 18.7. The zero-order chi connectivity index (χ0) is 12.5. The van der Waals surface area contributed by atoms with E-state index in [1.165, 1.54) is 11.9 Å². The van der Waals surface area contributed by atoms with E-state index in [4.69, 9.17) is 0 Å². The van der Waals surface area contributed by atoms with Gasteiger partial charge < -0.3 is 0 Å². The smallest absolute Gasteiger partial charge is 0.277 e. The van der Waals surface area contributed by atoms with Crippen molar-refractivity contribution in [3.8, 4) is 0 Å². The second-order valence-corrected chi connectivity index (χ2v) is 4.88. The predicted molar refractivity (Wildman–Crippen MR) is 71.9 cm³/mol. The van der Waals surface area contributed by atoms with Crippen molar-refractivity contribution in [1.29, 1.82) is 0 Å². The lowest BCUT2D eigenvalue weighted by atomic mass is 10.2. The number of carbonyl (C=O) groups is 1. The Morgan fingerprint density at radius 1 is 1.33 bits per heavy atom. The van der Waals surface area contributed by atoms with Crippen molar-refractivity contribution >= 4 is 29.4 Å². The van der Waals surface area contributed by atoms with Crippen LogP contribution in [0.4, 0.5) is 16.2 Å². The summed E-state index contributed by atoms with van der Waals surface area (Å²) in [5.74, 6) is 0. The molecule has 1 aliphatic rings. The maximum atomic E-state index is 12.0. The highest BCUT2D eigenvalue weighted by molar-refractivity contribution is 7.98. The van der Waals surface area contributed by atoms with Crippen LogP contribution < -0.4 is 9.62 Å². The first kappa shape index (κ1) is 11.1. The molecule has 0 saturated heterocycles. The molecule has 1 aliphatic heterocycles. The molecule has 2 amide bonds. The van der Waals surface area contributed by atoms with Gasteiger partial charge >= 0.3 is 6.03 Å². The number of rotatable bonds is 1. The van der Waals surface area contributed by atoms with Gasteiger partial charge in [0.15, 0.2) is 0 Å². The number of hydrogen-bond acceptors (Lipinski definition) is 3. The third-order valence-electron chi connectivity index (χ3n) is 2.71. The molecule has 5 heteroatoms. The highest BCUT2D eigenvalue weighted by atomic mass is 32.2. The first-order chi connectivity index (χ1) is 8.75. The van der Waals surface area contributed by atoms with Crippen LogP contribution in [0.5, 0.6) is 0 Å². The molecule has 0 unspecified atom stereocenters. The lowest BCUT2D eigenvalue weighted by Crippen LogP contribution is -2.36. The minimum Gasteiger partial charge on any atom is -0.277 e. The van der Waals surface area contributed by atoms with Gasteiger partial charge in [-0.15, -0.1) is 0 Å². The fraction of sp³-hybridized carbons (Fsp3) is 0.0769. The first-order valence-corrected chi connectivity index (χ1v) is 6.35. The Labute approximate surface area is 109 Å². The van der Waals surface area contributed by atoms with Crippen LogP contribution >= 0.6 is 11.9 Å².